The van der Waals surface area contributed by atoms with Crippen LogP contribution < -0.4 is 15.0 Å². The van der Waals surface area contributed by atoms with Gasteiger partial charge in [0.05, 0.1) is 19.1 Å². The van der Waals surface area contributed by atoms with Gasteiger partial charge in [0.1, 0.15) is 5.75 Å². The Morgan fingerprint density at radius 3 is 2.38 bits per heavy atom. The number of nitrogens with one attached hydrogen (secondary N) is 1. The predicted octanol–water partition coefficient (Wildman–Crippen LogP) is 5.44. The zero-order valence-electron chi connectivity index (χ0n) is 18.7. The maximum atomic E-state index is 13.5. The molecule has 0 radical (unpaired) electrons. The molecule has 1 aliphatic rings. The minimum atomic E-state index is -0.392. The molecule has 1 N–H and O–H groups in total. The van der Waals surface area contributed by atoms with Crippen LogP contribution in [0.25, 0.3) is 0 Å². The standard InChI is InChI=1S/C27H28N2O3/c1-18-9-15-24(19(2)17-18)28-27(31)23-14-16-25(30)29(21-10-12-22(32-3)13-11-21)26(23)20-7-5-4-6-8-20/h4-13,15,17,23,26H,14,16H2,1-3H3,(H,28,31)/t23-,26-/m0/s1. The van der Waals surface area contributed by atoms with Crippen LogP contribution in [-0.4, -0.2) is 18.9 Å². The first-order valence-corrected chi connectivity index (χ1v) is 10.9. The molecular formula is C27H28N2O3. The summed E-state index contributed by atoms with van der Waals surface area (Å²) in [6.45, 7) is 4.02. The molecule has 4 rings (SSSR count). The number of anilines is 2. The number of hydrogen-bond donors (Lipinski definition) is 1. The van der Waals surface area contributed by atoms with E-state index < -0.39 is 6.04 Å². The van der Waals surface area contributed by atoms with Gasteiger partial charge >= 0.3 is 0 Å². The summed E-state index contributed by atoms with van der Waals surface area (Å²) in [4.78, 5) is 28.4. The van der Waals surface area contributed by atoms with Gasteiger partial charge in [-0.2, -0.15) is 0 Å². The molecule has 32 heavy (non-hydrogen) atoms. The quantitative estimate of drug-likeness (QED) is 0.589. The molecule has 0 saturated carbocycles. The van der Waals surface area contributed by atoms with Gasteiger partial charge in [-0.1, -0.05) is 48.0 Å². The number of amides is 2. The molecule has 0 spiro atoms. The number of methoxy groups -OCH3 is 1. The molecule has 5 nitrogen and oxygen atoms in total. The minimum Gasteiger partial charge on any atom is -0.497 e. The second-order valence-electron chi connectivity index (χ2n) is 8.27. The Morgan fingerprint density at radius 1 is 1.00 bits per heavy atom. The molecule has 0 unspecified atom stereocenters. The third kappa shape index (κ3) is 4.37. The summed E-state index contributed by atoms with van der Waals surface area (Å²) in [6.07, 6.45) is 0.822. The van der Waals surface area contributed by atoms with Crippen molar-refractivity contribution in [1.29, 1.82) is 0 Å². The van der Waals surface area contributed by atoms with Gasteiger partial charge in [-0.05, 0) is 61.7 Å². The van der Waals surface area contributed by atoms with Gasteiger partial charge in [0, 0.05) is 17.8 Å². The fourth-order valence-corrected chi connectivity index (χ4v) is 4.43. The van der Waals surface area contributed by atoms with E-state index in [1.54, 1.807) is 12.0 Å². The van der Waals surface area contributed by atoms with Crippen molar-refractivity contribution in [2.24, 2.45) is 5.92 Å². The average molecular weight is 429 g/mol. The maximum Gasteiger partial charge on any atom is 0.229 e. The molecule has 1 heterocycles. The average Bonchev–Trinajstić information content (AvgIpc) is 2.81. The van der Waals surface area contributed by atoms with Crippen LogP contribution in [0.1, 0.15) is 35.6 Å². The molecular weight excluding hydrogens is 400 g/mol. The van der Waals surface area contributed by atoms with Gasteiger partial charge in [0.2, 0.25) is 11.8 Å². The second kappa shape index (κ2) is 9.27. The van der Waals surface area contributed by atoms with Crippen molar-refractivity contribution in [3.8, 4) is 5.75 Å². The van der Waals surface area contributed by atoms with Crippen LogP contribution in [0.2, 0.25) is 0 Å². The lowest BCUT2D eigenvalue weighted by molar-refractivity contribution is -0.125. The highest BCUT2D eigenvalue weighted by Gasteiger charge is 2.41. The largest absolute Gasteiger partial charge is 0.497 e. The number of carbonyl (C=O) groups excluding carboxylic acids is 2. The smallest absolute Gasteiger partial charge is 0.229 e. The van der Waals surface area contributed by atoms with Crippen molar-refractivity contribution >= 4 is 23.2 Å². The number of hydrogen-bond acceptors (Lipinski definition) is 3. The fourth-order valence-electron chi connectivity index (χ4n) is 4.43. The molecule has 0 aliphatic carbocycles. The van der Waals surface area contributed by atoms with Crippen molar-refractivity contribution in [2.75, 3.05) is 17.3 Å². The lowest BCUT2D eigenvalue weighted by Crippen LogP contribution is -2.47. The van der Waals surface area contributed by atoms with Crippen LogP contribution in [0.15, 0.2) is 72.8 Å². The molecule has 0 bridgehead atoms. The Balaban J connectivity index is 1.71. The Kier molecular flexibility index (Phi) is 6.26. The van der Waals surface area contributed by atoms with E-state index in [2.05, 4.69) is 11.4 Å². The molecule has 164 valence electrons. The lowest BCUT2D eigenvalue weighted by atomic mass is 9.83. The number of carbonyl (C=O) groups is 2. The van der Waals surface area contributed by atoms with E-state index in [9.17, 15) is 9.59 Å². The fraction of sp³-hybridized carbons (Fsp3) is 0.259. The lowest BCUT2D eigenvalue weighted by Gasteiger charge is -2.41. The number of rotatable bonds is 5. The maximum absolute atomic E-state index is 13.5. The van der Waals surface area contributed by atoms with Crippen molar-refractivity contribution < 1.29 is 14.3 Å². The van der Waals surface area contributed by atoms with Crippen molar-refractivity contribution in [3.05, 3.63) is 89.5 Å². The van der Waals surface area contributed by atoms with Crippen molar-refractivity contribution in [1.82, 2.24) is 0 Å². The number of aryl methyl sites for hydroxylation is 2. The molecule has 0 aromatic heterocycles. The summed E-state index contributed by atoms with van der Waals surface area (Å²) in [7, 11) is 1.61. The van der Waals surface area contributed by atoms with Gasteiger partial charge in [-0.25, -0.2) is 0 Å². The summed E-state index contributed by atoms with van der Waals surface area (Å²) in [6, 6.07) is 22.8. The molecule has 1 aliphatic heterocycles. The van der Waals surface area contributed by atoms with E-state index in [-0.39, 0.29) is 17.7 Å². The highest BCUT2D eigenvalue weighted by Crippen LogP contribution is 2.41. The first-order valence-electron chi connectivity index (χ1n) is 10.9. The Hall–Kier alpha value is -3.60. The van der Waals surface area contributed by atoms with Crippen molar-refractivity contribution in [2.45, 2.75) is 32.7 Å². The van der Waals surface area contributed by atoms with Gasteiger partial charge in [-0.3, -0.25) is 9.59 Å². The monoisotopic (exact) mass is 428 g/mol. The Morgan fingerprint density at radius 2 is 1.72 bits per heavy atom. The summed E-state index contributed by atoms with van der Waals surface area (Å²) >= 11 is 0. The molecule has 2 atom stereocenters. The second-order valence-corrected chi connectivity index (χ2v) is 8.27. The highest BCUT2D eigenvalue weighted by molar-refractivity contribution is 6.00. The van der Waals surface area contributed by atoms with Crippen LogP contribution in [-0.2, 0) is 9.59 Å². The van der Waals surface area contributed by atoms with Crippen LogP contribution in [0.3, 0.4) is 0 Å². The predicted molar refractivity (Wildman–Crippen MR) is 127 cm³/mol. The third-order valence-electron chi connectivity index (χ3n) is 6.07. The minimum absolute atomic E-state index is 0.0135. The first kappa shape index (κ1) is 21.6. The summed E-state index contributed by atoms with van der Waals surface area (Å²) in [5, 5.41) is 3.12. The number of nitrogens with zero attached hydrogens (tertiary/aromatic N) is 1. The summed E-state index contributed by atoms with van der Waals surface area (Å²) in [5.74, 6) is 0.285. The molecule has 5 heteroatoms. The first-order chi connectivity index (χ1) is 15.5. The van der Waals surface area contributed by atoms with E-state index >= 15 is 0 Å². The Bertz CT molecular complexity index is 1110. The number of piperidine rings is 1. The summed E-state index contributed by atoms with van der Waals surface area (Å²) in [5.41, 5.74) is 4.68. The van der Waals surface area contributed by atoms with Crippen LogP contribution >= 0.6 is 0 Å². The molecule has 3 aromatic rings. The van der Waals surface area contributed by atoms with E-state index in [4.69, 9.17) is 4.74 Å². The number of benzene rings is 3. The number of ether oxygens (including phenoxy) is 1. The topological polar surface area (TPSA) is 58.6 Å². The van der Waals surface area contributed by atoms with Gasteiger partial charge in [0.25, 0.3) is 0 Å². The Labute approximate surface area is 189 Å². The normalized spacial score (nSPS) is 18.3. The molecule has 1 saturated heterocycles. The van der Waals surface area contributed by atoms with Crippen LogP contribution in [0.5, 0.6) is 5.75 Å². The van der Waals surface area contributed by atoms with Crippen molar-refractivity contribution in [3.63, 3.8) is 0 Å². The zero-order chi connectivity index (χ0) is 22.7. The van der Waals surface area contributed by atoms with Gasteiger partial charge in [0.15, 0.2) is 0 Å². The third-order valence-corrected chi connectivity index (χ3v) is 6.07. The van der Waals surface area contributed by atoms with Gasteiger partial charge in [-0.15, -0.1) is 0 Å². The van der Waals surface area contributed by atoms with Crippen LogP contribution in [0.4, 0.5) is 11.4 Å². The SMILES string of the molecule is COc1ccc(N2C(=O)CC[C@H](C(=O)Nc3ccc(C)cc3C)[C@@H]2c2ccccc2)cc1. The molecule has 3 aromatic carbocycles. The van der Waals surface area contributed by atoms with E-state index in [0.29, 0.717) is 12.8 Å². The summed E-state index contributed by atoms with van der Waals surface area (Å²) < 4.78 is 5.27. The van der Waals surface area contributed by atoms with Gasteiger partial charge < -0.3 is 15.0 Å². The van der Waals surface area contributed by atoms with E-state index in [1.165, 1.54) is 0 Å². The molecule has 2 amide bonds. The van der Waals surface area contributed by atoms with Crippen LogP contribution in [0, 0.1) is 19.8 Å². The molecule has 1 fully saturated rings. The van der Waals surface area contributed by atoms with E-state index in [1.807, 2.05) is 80.6 Å². The highest BCUT2D eigenvalue weighted by atomic mass is 16.5. The van der Waals surface area contributed by atoms with E-state index in [0.717, 1.165) is 33.8 Å². The zero-order valence-corrected chi connectivity index (χ0v) is 18.7.